The number of ether oxygens (including phenoxy) is 2. The van der Waals surface area contributed by atoms with Crippen molar-refractivity contribution in [2.45, 2.75) is 6.61 Å². The number of benzene rings is 2. The van der Waals surface area contributed by atoms with E-state index in [2.05, 4.69) is 22.0 Å². The maximum atomic E-state index is 8.93. The topological polar surface area (TPSA) is 42.2 Å². The highest BCUT2D eigenvalue weighted by Crippen LogP contribution is 2.37. The molecule has 2 aromatic carbocycles. The molecule has 0 unspecified atom stereocenters. The minimum absolute atomic E-state index is 0.387. The van der Waals surface area contributed by atoms with Gasteiger partial charge in [0.15, 0.2) is 11.5 Å². The predicted molar refractivity (Wildman–Crippen MR) is 81.2 cm³/mol. The molecule has 0 amide bonds. The number of hydrogen-bond donors (Lipinski definition) is 0. The second-order valence-corrected chi connectivity index (χ2v) is 5.31. The first kappa shape index (κ1) is 14.7. The summed E-state index contributed by atoms with van der Waals surface area (Å²) in [6.45, 7) is 0.387. The molecule has 0 N–H and O–H groups in total. The van der Waals surface area contributed by atoms with E-state index in [1.165, 1.54) is 7.11 Å². The van der Waals surface area contributed by atoms with Crippen molar-refractivity contribution in [3.05, 3.63) is 57.0 Å². The maximum absolute atomic E-state index is 8.93. The Morgan fingerprint density at radius 3 is 2.55 bits per heavy atom. The average Bonchev–Trinajstić information content (AvgIpc) is 2.47. The summed E-state index contributed by atoms with van der Waals surface area (Å²) >= 11 is 9.22. The molecule has 0 atom stereocenters. The van der Waals surface area contributed by atoms with Crippen LogP contribution in [-0.2, 0) is 6.61 Å². The minimum atomic E-state index is 0.387. The summed E-state index contributed by atoms with van der Waals surface area (Å²) < 4.78 is 11.7. The van der Waals surface area contributed by atoms with Crippen LogP contribution in [0.1, 0.15) is 11.1 Å². The Bertz CT molecular complexity index is 650. The Kier molecular flexibility index (Phi) is 4.89. The Morgan fingerprint density at radius 2 is 1.95 bits per heavy atom. The summed E-state index contributed by atoms with van der Waals surface area (Å²) in [7, 11) is 1.54. The van der Waals surface area contributed by atoms with Crippen molar-refractivity contribution in [2.75, 3.05) is 7.11 Å². The van der Waals surface area contributed by atoms with Gasteiger partial charge in [-0.05, 0) is 39.7 Å². The second-order valence-electron chi connectivity index (χ2n) is 4.02. The zero-order valence-corrected chi connectivity index (χ0v) is 13.0. The molecule has 0 spiro atoms. The van der Waals surface area contributed by atoms with E-state index < -0.39 is 0 Å². The highest BCUT2D eigenvalue weighted by molar-refractivity contribution is 9.10. The van der Waals surface area contributed by atoms with Gasteiger partial charge in [-0.25, -0.2) is 0 Å². The lowest BCUT2D eigenvalue weighted by Gasteiger charge is -2.13. The van der Waals surface area contributed by atoms with Crippen LogP contribution in [0.3, 0.4) is 0 Å². The van der Waals surface area contributed by atoms with Crippen molar-refractivity contribution in [3.8, 4) is 17.6 Å². The van der Waals surface area contributed by atoms with E-state index in [9.17, 15) is 0 Å². The highest BCUT2D eigenvalue weighted by Gasteiger charge is 2.11. The van der Waals surface area contributed by atoms with Crippen molar-refractivity contribution in [2.24, 2.45) is 0 Å². The Balaban J connectivity index is 2.21. The van der Waals surface area contributed by atoms with Crippen LogP contribution in [0, 0.1) is 11.3 Å². The van der Waals surface area contributed by atoms with Gasteiger partial charge in [-0.3, -0.25) is 0 Å². The molecule has 0 radical (unpaired) electrons. The summed E-state index contributed by atoms with van der Waals surface area (Å²) in [4.78, 5) is 0. The van der Waals surface area contributed by atoms with Crippen LogP contribution in [0.15, 0.2) is 40.9 Å². The molecule has 0 heterocycles. The molecule has 0 aliphatic heterocycles. The van der Waals surface area contributed by atoms with E-state index in [-0.39, 0.29) is 0 Å². The molecule has 2 rings (SSSR count). The molecule has 102 valence electrons. The van der Waals surface area contributed by atoms with Crippen molar-refractivity contribution in [1.82, 2.24) is 0 Å². The second kappa shape index (κ2) is 6.65. The monoisotopic (exact) mass is 351 g/mol. The van der Waals surface area contributed by atoms with E-state index in [0.29, 0.717) is 33.2 Å². The van der Waals surface area contributed by atoms with E-state index in [1.54, 1.807) is 12.1 Å². The fraction of sp³-hybridized carbons (Fsp3) is 0.133. The van der Waals surface area contributed by atoms with Crippen LogP contribution in [0.5, 0.6) is 11.5 Å². The van der Waals surface area contributed by atoms with Crippen LogP contribution in [-0.4, -0.2) is 7.11 Å². The molecule has 5 heteroatoms. The minimum Gasteiger partial charge on any atom is -0.493 e. The predicted octanol–water partition coefficient (Wildman–Crippen LogP) is 4.56. The number of methoxy groups -OCH3 is 1. The molecule has 0 bridgehead atoms. The van der Waals surface area contributed by atoms with E-state index in [1.807, 2.05) is 24.3 Å². The van der Waals surface area contributed by atoms with Gasteiger partial charge < -0.3 is 9.47 Å². The molecule has 0 aliphatic rings. The Labute approximate surface area is 130 Å². The number of nitriles is 1. The normalized spacial score (nSPS) is 9.90. The molecule has 0 aromatic heterocycles. The van der Waals surface area contributed by atoms with Gasteiger partial charge in [0, 0.05) is 11.1 Å². The van der Waals surface area contributed by atoms with Gasteiger partial charge >= 0.3 is 0 Å². The summed E-state index contributed by atoms with van der Waals surface area (Å²) in [5, 5.41) is 9.61. The standard InChI is InChI=1S/C15H11BrClNO2/c1-19-14-7-11(8-18)6-13(16)15(14)20-9-10-2-4-12(17)5-3-10/h2-7H,9H2,1H3. The van der Waals surface area contributed by atoms with Crippen LogP contribution in [0.4, 0.5) is 0 Å². The number of halogens is 2. The molecule has 3 nitrogen and oxygen atoms in total. The third-order valence-corrected chi connectivity index (χ3v) is 3.50. The smallest absolute Gasteiger partial charge is 0.175 e. The number of nitrogens with zero attached hydrogens (tertiary/aromatic N) is 1. The van der Waals surface area contributed by atoms with Gasteiger partial charge in [0.25, 0.3) is 0 Å². The molecular formula is C15H11BrClNO2. The average molecular weight is 353 g/mol. The molecular weight excluding hydrogens is 342 g/mol. The number of hydrogen-bond acceptors (Lipinski definition) is 3. The van der Waals surface area contributed by atoms with Gasteiger partial charge in [-0.1, -0.05) is 23.7 Å². The molecule has 0 fully saturated rings. The zero-order valence-electron chi connectivity index (χ0n) is 10.7. The van der Waals surface area contributed by atoms with Gasteiger partial charge in [-0.15, -0.1) is 0 Å². The molecule has 20 heavy (non-hydrogen) atoms. The fourth-order valence-corrected chi connectivity index (χ4v) is 2.34. The van der Waals surface area contributed by atoms with Crippen LogP contribution < -0.4 is 9.47 Å². The Hall–Kier alpha value is -1.70. The van der Waals surface area contributed by atoms with Crippen molar-refractivity contribution >= 4 is 27.5 Å². The van der Waals surface area contributed by atoms with Crippen molar-refractivity contribution < 1.29 is 9.47 Å². The van der Waals surface area contributed by atoms with Crippen molar-refractivity contribution in [1.29, 1.82) is 5.26 Å². The summed E-state index contributed by atoms with van der Waals surface area (Å²) in [6.07, 6.45) is 0. The first-order chi connectivity index (χ1) is 9.63. The fourth-order valence-electron chi connectivity index (χ4n) is 1.66. The maximum Gasteiger partial charge on any atom is 0.175 e. The van der Waals surface area contributed by atoms with E-state index >= 15 is 0 Å². The third-order valence-electron chi connectivity index (χ3n) is 2.65. The van der Waals surface area contributed by atoms with Crippen LogP contribution >= 0.6 is 27.5 Å². The lowest BCUT2D eigenvalue weighted by molar-refractivity contribution is 0.282. The molecule has 0 saturated carbocycles. The molecule has 0 aliphatic carbocycles. The third kappa shape index (κ3) is 3.44. The van der Waals surface area contributed by atoms with Gasteiger partial charge in [0.05, 0.1) is 23.2 Å². The quantitative estimate of drug-likeness (QED) is 0.810. The lowest BCUT2D eigenvalue weighted by Crippen LogP contribution is -1.99. The lowest BCUT2D eigenvalue weighted by atomic mass is 10.2. The SMILES string of the molecule is COc1cc(C#N)cc(Br)c1OCc1ccc(Cl)cc1. The van der Waals surface area contributed by atoms with Gasteiger partial charge in [0.1, 0.15) is 6.61 Å². The summed E-state index contributed by atoms with van der Waals surface area (Å²) in [5.74, 6) is 1.09. The van der Waals surface area contributed by atoms with Crippen molar-refractivity contribution in [3.63, 3.8) is 0 Å². The highest BCUT2D eigenvalue weighted by atomic mass is 79.9. The summed E-state index contributed by atoms with van der Waals surface area (Å²) in [5.41, 5.74) is 1.50. The van der Waals surface area contributed by atoms with E-state index in [0.717, 1.165) is 5.56 Å². The first-order valence-corrected chi connectivity index (χ1v) is 6.96. The van der Waals surface area contributed by atoms with E-state index in [4.69, 9.17) is 26.3 Å². The first-order valence-electron chi connectivity index (χ1n) is 5.79. The van der Waals surface area contributed by atoms with Crippen LogP contribution in [0.25, 0.3) is 0 Å². The Morgan fingerprint density at radius 1 is 1.25 bits per heavy atom. The van der Waals surface area contributed by atoms with Crippen LogP contribution in [0.2, 0.25) is 5.02 Å². The largest absolute Gasteiger partial charge is 0.493 e. The molecule has 0 saturated heterocycles. The van der Waals surface area contributed by atoms with Gasteiger partial charge in [-0.2, -0.15) is 5.26 Å². The molecule has 2 aromatic rings. The van der Waals surface area contributed by atoms with Gasteiger partial charge in [0.2, 0.25) is 0 Å². The zero-order chi connectivity index (χ0) is 14.5. The number of rotatable bonds is 4. The summed E-state index contributed by atoms with van der Waals surface area (Å²) in [6, 6.07) is 12.8.